The van der Waals surface area contributed by atoms with Crippen LogP contribution in [0.4, 0.5) is 10.8 Å². The summed E-state index contributed by atoms with van der Waals surface area (Å²) in [4.78, 5) is 19.2. The number of likely N-dealkylation sites (N-methyl/N-ethyl adjacent to an activating group) is 1. The Balaban J connectivity index is 1.77. The molecule has 1 N–H and O–H groups in total. The van der Waals surface area contributed by atoms with Crippen molar-refractivity contribution in [2.75, 3.05) is 45.1 Å². The highest BCUT2D eigenvalue weighted by atomic mass is 32.1. The van der Waals surface area contributed by atoms with Crippen LogP contribution in [0.5, 0.6) is 17.2 Å². The van der Waals surface area contributed by atoms with Crippen molar-refractivity contribution in [1.82, 2.24) is 4.98 Å². The summed E-state index contributed by atoms with van der Waals surface area (Å²) >= 11 is 1.59. The Morgan fingerprint density at radius 2 is 1.69 bits per heavy atom. The van der Waals surface area contributed by atoms with E-state index in [0.717, 1.165) is 20.9 Å². The van der Waals surface area contributed by atoms with Crippen molar-refractivity contribution in [3.8, 4) is 17.2 Å². The molecule has 8 heteroatoms. The molecule has 0 saturated heterocycles. The lowest BCUT2D eigenvalue weighted by Crippen LogP contribution is -2.30. The van der Waals surface area contributed by atoms with Gasteiger partial charge in [-0.2, -0.15) is 0 Å². The average Bonchev–Trinajstić information content (AvgIpc) is 3.17. The quantitative estimate of drug-likeness (QED) is 0.629. The summed E-state index contributed by atoms with van der Waals surface area (Å²) in [5.74, 6) is 1.26. The first kappa shape index (κ1) is 20.7. The minimum absolute atomic E-state index is 0.161. The molecule has 1 aromatic heterocycles. The van der Waals surface area contributed by atoms with Gasteiger partial charge in [0.1, 0.15) is 0 Å². The third-order valence-corrected chi connectivity index (χ3v) is 5.89. The van der Waals surface area contributed by atoms with Crippen molar-refractivity contribution in [3.05, 3.63) is 35.4 Å². The van der Waals surface area contributed by atoms with Gasteiger partial charge >= 0.3 is 0 Å². The van der Waals surface area contributed by atoms with Gasteiger partial charge in [0.2, 0.25) is 11.7 Å². The second-order valence-corrected chi connectivity index (χ2v) is 7.67. The predicted octanol–water partition coefficient (Wildman–Crippen LogP) is 4.01. The largest absolute Gasteiger partial charge is 0.493 e. The molecule has 3 aromatic rings. The average molecular weight is 416 g/mol. The number of carbonyl (C=O) groups is 1. The molecule has 0 unspecified atom stereocenters. The molecule has 0 saturated carbocycles. The van der Waals surface area contributed by atoms with Gasteiger partial charge in [0, 0.05) is 24.9 Å². The SMILES string of the molecule is COc1cc(NC(=O)CN(C)c2nc3c(C)ccc(C)c3s2)cc(OC)c1OC. The fourth-order valence-corrected chi connectivity index (χ4v) is 4.12. The van der Waals surface area contributed by atoms with Crippen LogP contribution >= 0.6 is 11.3 Å². The van der Waals surface area contributed by atoms with Crippen LogP contribution in [0.1, 0.15) is 11.1 Å². The maximum absolute atomic E-state index is 12.6. The summed E-state index contributed by atoms with van der Waals surface area (Å²) < 4.78 is 17.1. The lowest BCUT2D eigenvalue weighted by atomic mass is 10.1. The molecule has 0 aliphatic heterocycles. The molecule has 2 aromatic carbocycles. The lowest BCUT2D eigenvalue weighted by molar-refractivity contribution is -0.114. The third kappa shape index (κ3) is 4.22. The summed E-state index contributed by atoms with van der Waals surface area (Å²) in [6, 6.07) is 7.56. The Hall–Kier alpha value is -3.00. The Kier molecular flexibility index (Phi) is 6.12. The third-order valence-electron chi connectivity index (χ3n) is 4.59. The van der Waals surface area contributed by atoms with Crippen molar-refractivity contribution >= 4 is 38.3 Å². The van der Waals surface area contributed by atoms with Gasteiger partial charge in [-0.15, -0.1) is 0 Å². The first-order valence-corrected chi connectivity index (χ1v) is 9.87. The number of aryl methyl sites for hydroxylation is 2. The van der Waals surface area contributed by atoms with Crippen LogP contribution in [0.25, 0.3) is 10.2 Å². The number of amides is 1. The fraction of sp³-hybridized carbons (Fsp3) is 0.333. The molecule has 29 heavy (non-hydrogen) atoms. The normalized spacial score (nSPS) is 10.7. The Bertz CT molecular complexity index is 984. The van der Waals surface area contributed by atoms with Crippen molar-refractivity contribution in [2.45, 2.75) is 13.8 Å². The molecule has 1 amide bonds. The van der Waals surface area contributed by atoms with Crippen molar-refractivity contribution in [1.29, 1.82) is 0 Å². The number of aromatic nitrogens is 1. The molecule has 7 nitrogen and oxygen atoms in total. The molecule has 0 radical (unpaired) electrons. The van der Waals surface area contributed by atoms with Gasteiger partial charge in [0.25, 0.3) is 0 Å². The molecule has 0 aliphatic carbocycles. The maximum Gasteiger partial charge on any atom is 0.243 e. The van der Waals surface area contributed by atoms with Gasteiger partial charge in [0.05, 0.1) is 38.1 Å². The van der Waals surface area contributed by atoms with E-state index in [2.05, 4.69) is 24.4 Å². The number of hydrogen-bond acceptors (Lipinski definition) is 7. The minimum atomic E-state index is -0.172. The summed E-state index contributed by atoms with van der Waals surface area (Å²) in [7, 11) is 6.47. The molecule has 0 atom stereocenters. The molecule has 3 rings (SSSR count). The van der Waals surface area contributed by atoms with Gasteiger partial charge < -0.3 is 24.4 Å². The smallest absolute Gasteiger partial charge is 0.243 e. The van der Waals surface area contributed by atoms with E-state index in [4.69, 9.17) is 19.2 Å². The second-order valence-electron chi connectivity index (χ2n) is 6.69. The fourth-order valence-electron chi connectivity index (χ4n) is 3.05. The highest BCUT2D eigenvalue weighted by molar-refractivity contribution is 7.22. The van der Waals surface area contributed by atoms with Crippen LogP contribution in [0.2, 0.25) is 0 Å². The standard InChI is InChI=1S/C21H25N3O4S/c1-12-7-8-13(2)20-18(12)23-21(29-20)24(3)11-17(25)22-14-9-15(26-4)19(28-6)16(10-14)27-5/h7-10H,11H2,1-6H3,(H,22,25). The van der Waals surface area contributed by atoms with Crippen LogP contribution in [-0.2, 0) is 4.79 Å². The number of thiazole rings is 1. The van der Waals surface area contributed by atoms with Gasteiger partial charge in [-0.05, 0) is 25.0 Å². The second kappa shape index (κ2) is 8.57. The molecule has 0 bridgehead atoms. The van der Waals surface area contributed by atoms with Crippen LogP contribution < -0.4 is 24.4 Å². The summed E-state index contributed by atoms with van der Waals surface area (Å²) in [6.45, 7) is 4.28. The zero-order chi connectivity index (χ0) is 21.1. The maximum atomic E-state index is 12.6. The zero-order valence-electron chi connectivity index (χ0n) is 17.5. The summed E-state index contributed by atoms with van der Waals surface area (Å²) in [6.07, 6.45) is 0. The molecule has 1 heterocycles. The number of benzene rings is 2. The number of nitrogens with zero attached hydrogens (tertiary/aromatic N) is 2. The number of nitrogens with one attached hydrogen (secondary N) is 1. The summed E-state index contributed by atoms with van der Waals surface area (Å²) in [5, 5.41) is 3.68. The van der Waals surface area contributed by atoms with Gasteiger partial charge in [0.15, 0.2) is 16.6 Å². The highest BCUT2D eigenvalue weighted by Crippen LogP contribution is 2.40. The van der Waals surface area contributed by atoms with E-state index < -0.39 is 0 Å². The monoisotopic (exact) mass is 415 g/mol. The van der Waals surface area contributed by atoms with E-state index in [1.165, 1.54) is 26.9 Å². The molecular formula is C21H25N3O4S. The highest BCUT2D eigenvalue weighted by Gasteiger charge is 2.17. The van der Waals surface area contributed by atoms with Crippen molar-refractivity contribution < 1.29 is 19.0 Å². The van der Waals surface area contributed by atoms with E-state index in [1.807, 2.05) is 18.9 Å². The number of methoxy groups -OCH3 is 3. The number of rotatable bonds is 7. The van der Waals surface area contributed by atoms with Gasteiger partial charge in [-0.1, -0.05) is 23.5 Å². The minimum Gasteiger partial charge on any atom is -0.493 e. The molecule has 0 spiro atoms. The number of anilines is 2. The Morgan fingerprint density at radius 1 is 1.07 bits per heavy atom. The Morgan fingerprint density at radius 3 is 2.24 bits per heavy atom. The number of carbonyl (C=O) groups excluding carboxylic acids is 1. The van der Waals surface area contributed by atoms with E-state index in [1.54, 1.807) is 23.5 Å². The van der Waals surface area contributed by atoms with Crippen LogP contribution in [0.15, 0.2) is 24.3 Å². The molecule has 0 fully saturated rings. The van der Waals surface area contributed by atoms with Crippen LogP contribution in [0, 0.1) is 13.8 Å². The lowest BCUT2D eigenvalue weighted by Gasteiger charge is -2.17. The number of fused-ring (bicyclic) bond motifs is 1. The van der Waals surface area contributed by atoms with E-state index in [0.29, 0.717) is 22.9 Å². The summed E-state index contributed by atoms with van der Waals surface area (Å²) in [5.41, 5.74) is 3.86. The Labute approximate surface area is 174 Å². The topological polar surface area (TPSA) is 72.9 Å². The number of hydrogen-bond donors (Lipinski definition) is 1. The van der Waals surface area contributed by atoms with E-state index >= 15 is 0 Å². The van der Waals surface area contributed by atoms with E-state index in [9.17, 15) is 4.79 Å². The van der Waals surface area contributed by atoms with Gasteiger partial charge in [-0.3, -0.25) is 4.79 Å². The predicted molar refractivity (Wildman–Crippen MR) is 117 cm³/mol. The van der Waals surface area contributed by atoms with Crippen molar-refractivity contribution in [3.63, 3.8) is 0 Å². The van der Waals surface area contributed by atoms with Crippen LogP contribution in [0.3, 0.4) is 0 Å². The van der Waals surface area contributed by atoms with Gasteiger partial charge in [-0.25, -0.2) is 4.98 Å². The zero-order valence-corrected chi connectivity index (χ0v) is 18.3. The first-order valence-electron chi connectivity index (χ1n) is 9.05. The molecule has 154 valence electrons. The molecular weight excluding hydrogens is 390 g/mol. The molecule has 0 aliphatic rings. The van der Waals surface area contributed by atoms with Crippen LogP contribution in [-0.4, -0.2) is 45.8 Å². The first-order chi connectivity index (χ1) is 13.9. The van der Waals surface area contributed by atoms with E-state index in [-0.39, 0.29) is 12.5 Å². The number of ether oxygens (including phenoxy) is 3. The van der Waals surface area contributed by atoms with Crippen molar-refractivity contribution in [2.24, 2.45) is 0 Å².